The van der Waals surface area contributed by atoms with Crippen molar-refractivity contribution in [3.05, 3.63) is 39.8 Å². The maximum atomic E-state index is 5.46. The first-order chi connectivity index (χ1) is 10.8. The van der Waals surface area contributed by atoms with Crippen LogP contribution in [0.5, 0.6) is 0 Å². The summed E-state index contributed by atoms with van der Waals surface area (Å²) in [7, 11) is 1.80. The topological polar surface area (TPSA) is 30.3 Å². The lowest BCUT2D eigenvalue weighted by Crippen LogP contribution is -2.34. The Morgan fingerprint density at radius 1 is 1.41 bits per heavy atom. The van der Waals surface area contributed by atoms with Crippen LogP contribution in [0.25, 0.3) is 0 Å². The Labute approximate surface area is 135 Å². The van der Waals surface area contributed by atoms with Gasteiger partial charge in [-0.05, 0) is 41.1 Å². The number of fused-ring (bicyclic) bond motifs is 1. The van der Waals surface area contributed by atoms with Crippen LogP contribution in [-0.4, -0.2) is 34.9 Å². The molecule has 4 rings (SSSR count). The van der Waals surface area contributed by atoms with E-state index < -0.39 is 0 Å². The Morgan fingerprint density at radius 2 is 2.32 bits per heavy atom. The van der Waals surface area contributed by atoms with Gasteiger partial charge < -0.3 is 4.74 Å². The fraction of sp³-hybridized carbons (Fsp3) is 0.588. The van der Waals surface area contributed by atoms with Crippen LogP contribution in [0.2, 0.25) is 0 Å². The molecular formula is C17H23N3OS. The molecule has 118 valence electrons. The Hall–Kier alpha value is -1.17. The zero-order valence-corrected chi connectivity index (χ0v) is 13.9. The number of methoxy groups -OCH3 is 1. The van der Waals surface area contributed by atoms with Crippen molar-refractivity contribution in [2.24, 2.45) is 5.92 Å². The fourth-order valence-electron chi connectivity index (χ4n) is 3.39. The van der Waals surface area contributed by atoms with Crippen molar-refractivity contribution >= 4 is 11.3 Å². The Morgan fingerprint density at radius 3 is 3.05 bits per heavy atom. The molecule has 22 heavy (non-hydrogen) atoms. The van der Waals surface area contributed by atoms with Crippen molar-refractivity contribution in [3.8, 4) is 0 Å². The lowest BCUT2D eigenvalue weighted by Gasteiger charge is -2.31. The first kappa shape index (κ1) is 14.4. The van der Waals surface area contributed by atoms with Crippen molar-refractivity contribution in [3.63, 3.8) is 0 Å². The molecule has 1 saturated carbocycles. The molecule has 2 aromatic rings. The minimum absolute atomic E-state index is 0.445. The summed E-state index contributed by atoms with van der Waals surface area (Å²) in [6.07, 6.45) is 5.02. The second-order valence-electron chi connectivity index (χ2n) is 6.65. The number of rotatable bonds is 6. The average Bonchev–Trinajstić information content (AvgIpc) is 2.98. The number of hydrogen-bond donors (Lipinski definition) is 0. The minimum Gasteiger partial charge on any atom is -0.384 e. The zero-order chi connectivity index (χ0) is 14.9. The molecule has 0 spiro atoms. The molecule has 0 bridgehead atoms. The van der Waals surface area contributed by atoms with Crippen LogP contribution in [0.4, 0.5) is 0 Å². The van der Waals surface area contributed by atoms with Crippen LogP contribution in [-0.2, 0) is 24.4 Å². The van der Waals surface area contributed by atoms with E-state index in [1.54, 1.807) is 18.4 Å². The molecule has 0 radical (unpaired) electrons. The second-order valence-corrected chi connectivity index (χ2v) is 7.43. The molecule has 4 nitrogen and oxygen atoms in total. The zero-order valence-electron chi connectivity index (χ0n) is 13.1. The van der Waals surface area contributed by atoms with Gasteiger partial charge in [0, 0.05) is 51.0 Å². The third-order valence-electron chi connectivity index (χ3n) is 4.66. The highest BCUT2D eigenvalue weighted by atomic mass is 32.1. The molecule has 2 aliphatic rings. The van der Waals surface area contributed by atoms with Gasteiger partial charge >= 0.3 is 0 Å². The lowest BCUT2D eigenvalue weighted by molar-refractivity contribution is 0.135. The summed E-state index contributed by atoms with van der Waals surface area (Å²) >= 11 is 1.77. The molecule has 1 aliphatic carbocycles. The smallest absolute Gasteiger partial charge is 0.0801 e. The van der Waals surface area contributed by atoms with E-state index in [1.165, 1.54) is 29.7 Å². The molecule has 1 fully saturated rings. The summed E-state index contributed by atoms with van der Waals surface area (Å²) < 4.78 is 7.64. The van der Waals surface area contributed by atoms with E-state index in [1.807, 2.05) is 0 Å². The van der Waals surface area contributed by atoms with Crippen LogP contribution in [0.1, 0.15) is 35.6 Å². The van der Waals surface area contributed by atoms with Gasteiger partial charge in [-0.2, -0.15) is 16.4 Å². The van der Waals surface area contributed by atoms with Crippen molar-refractivity contribution in [1.29, 1.82) is 0 Å². The van der Waals surface area contributed by atoms with E-state index in [9.17, 15) is 0 Å². The number of hydrogen-bond acceptors (Lipinski definition) is 4. The molecule has 3 heterocycles. The standard InChI is InChI=1S/C17H23N3OS/c1-21-11-15-8-19(6-14-4-5-22-12-14)10-17-16(15)9-20(18-17)7-13-2-3-13/h4-5,9,12-13,15H,2-3,6-8,10-11H2,1H3. The highest BCUT2D eigenvalue weighted by Gasteiger charge is 2.29. The normalized spacial score (nSPS) is 22.0. The van der Waals surface area contributed by atoms with E-state index in [0.29, 0.717) is 5.92 Å². The summed E-state index contributed by atoms with van der Waals surface area (Å²) in [6.45, 7) is 4.91. The van der Waals surface area contributed by atoms with Gasteiger partial charge in [-0.15, -0.1) is 0 Å². The lowest BCUT2D eigenvalue weighted by atomic mass is 9.95. The van der Waals surface area contributed by atoms with Gasteiger partial charge in [-0.25, -0.2) is 0 Å². The second kappa shape index (κ2) is 6.14. The van der Waals surface area contributed by atoms with Gasteiger partial charge in [0.25, 0.3) is 0 Å². The van der Waals surface area contributed by atoms with E-state index in [-0.39, 0.29) is 0 Å². The fourth-order valence-corrected chi connectivity index (χ4v) is 4.05. The molecule has 2 aromatic heterocycles. The van der Waals surface area contributed by atoms with Gasteiger partial charge in [0.05, 0.1) is 12.3 Å². The molecular weight excluding hydrogens is 294 g/mol. The molecule has 0 N–H and O–H groups in total. The van der Waals surface area contributed by atoms with Crippen molar-refractivity contribution in [2.45, 2.75) is 38.4 Å². The SMILES string of the molecule is COCC1CN(Cc2ccsc2)Cc2nn(CC3CC3)cc21. The van der Waals surface area contributed by atoms with Crippen LogP contribution in [0.15, 0.2) is 23.0 Å². The molecule has 0 saturated heterocycles. The maximum absolute atomic E-state index is 5.46. The first-order valence-electron chi connectivity index (χ1n) is 8.10. The molecule has 1 aliphatic heterocycles. The van der Waals surface area contributed by atoms with Crippen molar-refractivity contribution < 1.29 is 4.74 Å². The predicted molar refractivity (Wildman–Crippen MR) is 88.0 cm³/mol. The summed E-state index contributed by atoms with van der Waals surface area (Å²) in [6, 6.07) is 2.22. The van der Waals surface area contributed by atoms with Gasteiger partial charge in [0.1, 0.15) is 0 Å². The van der Waals surface area contributed by atoms with Gasteiger partial charge in [-0.3, -0.25) is 9.58 Å². The molecule has 1 unspecified atom stereocenters. The van der Waals surface area contributed by atoms with E-state index in [4.69, 9.17) is 9.84 Å². The number of ether oxygens (including phenoxy) is 1. The summed E-state index contributed by atoms with van der Waals surface area (Å²) in [5, 5.41) is 9.26. The molecule has 5 heteroatoms. The van der Waals surface area contributed by atoms with Gasteiger partial charge in [0.2, 0.25) is 0 Å². The van der Waals surface area contributed by atoms with Crippen LogP contribution < -0.4 is 0 Å². The van der Waals surface area contributed by atoms with Crippen LogP contribution in [0.3, 0.4) is 0 Å². The van der Waals surface area contributed by atoms with E-state index in [0.717, 1.165) is 38.7 Å². The predicted octanol–water partition coefficient (Wildman–Crippen LogP) is 3.10. The molecule has 0 aromatic carbocycles. The molecule has 0 amide bonds. The number of nitrogens with zero attached hydrogens (tertiary/aromatic N) is 3. The molecule has 1 atom stereocenters. The third kappa shape index (κ3) is 3.12. The Bertz CT molecular complexity index is 618. The van der Waals surface area contributed by atoms with Gasteiger partial charge in [-0.1, -0.05) is 0 Å². The first-order valence-corrected chi connectivity index (χ1v) is 9.04. The summed E-state index contributed by atoms with van der Waals surface area (Å²) in [5.41, 5.74) is 4.07. The minimum atomic E-state index is 0.445. The highest BCUT2D eigenvalue weighted by Crippen LogP contribution is 2.33. The maximum Gasteiger partial charge on any atom is 0.0801 e. The Balaban J connectivity index is 1.53. The van der Waals surface area contributed by atoms with Crippen LogP contribution >= 0.6 is 11.3 Å². The van der Waals surface area contributed by atoms with Crippen molar-refractivity contribution in [2.75, 3.05) is 20.3 Å². The highest BCUT2D eigenvalue weighted by molar-refractivity contribution is 7.07. The van der Waals surface area contributed by atoms with E-state index >= 15 is 0 Å². The number of aromatic nitrogens is 2. The largest absolute Gasteiger partial charge is 0.384 e. The summed E-state index contributed by atoms with van der Waals surface area (Å²) in [4.78, 5) is 2.50. The monoisotopic (exact) mass is 317 g/mol. The summed E-state index contributed by atoms with van der Waals surface area (Å²) in [5.74, 6) is 1.31. The van der Waals surface area contributed by atoms with Gasteiger partial charge in [0.15, 0.2) is 0 Å². The quantitative estimate of drug-likeness (QED) is 0.820. The number of thiophene rings is 1. The van der Waals surface area contributed by atoms with Crippen LogP contribution in [0, 0.1) is 5.92 Å². The average molecular weight is 317 g/mol. The Kier molecular flexibility index (Phi) is 4.03. The van der Waals surface area contributed by atoms with E-state index in [2.05, 4.69) is 32.6 Å². The third-order valence-corrected chi connectivity index (χ3v) is 5.39. The van der Waals surface area contributed by atoms with Crippen molar-refractivity contribution in [1.82, 2.24) is 14.7 Å².